The van der Waals surface area contributed by atoms with Gasteiger partial charge < -0.3 is 24.3 Å². The fourth-order valence-corrected chi connectivity index (χ4v) is 3.33. The Morgan fingerprint density at radius 1 is 1.23 bits per heavy atom. The number of hydrogen-bond acceptors (Lipinski definition) is 6. The maximum Gasteiger partial charge on any atom is 0.394 e. The predicted octanol–water partition coefficient (Wildman–Crippen LogP) is 3.46. The third-order valence-corrected chi connectivity index (χ3v) is 4.98. The molecule has 0 spiro atoms. The van der Waals surface area contributed by atoms with Crippen molar-refractivity contribution in [1.29, 1.82) is 0 Å². The molecule has 3 aromatic rings. The maximum atomic E-state index is 12.5. The van der Waals surface area contributed by atoms with Gasteiger partial charge in [-0.2, -0.15) is 0 Å². The lowest BCUT2D eigenvalue weighted by molar-refractivity contribution is -0.150. The smallest absolute Gasteiger partial charge is 0.394 e. The Labute approximate surface area is 183 Å². The summed E-state index contributed by atoms with van der Waals surface area (Å²) in [6, 6.07) is 9.48. The summed E-state index contributed by atoms with van der Waals surface area (Å²) in [4.78, 5) is 34.1. The van der Waals surface area contributed by atoms with Crippen LogP contribution in [0.2, 0.25) is 5.02 Å². The molecule has 0 saturated heterocycles. The molecule has 0 saturated carbocycles. The van der Waals surface area contributed by atoms with Crippen molar-refractivity contribution in [3.63, 3.8) is 0 Å². The highest BCUT2D eigenvalue weighted by molar-refractivity contribution is 9.10. The number of carbonyl (C=O) groups excluding carboxylic acids is 1. The molecule has 0 aliphatic rings. The number of carboxylic acid groups (broad SMARTS) is 1. The first kappa shape index (κ1) is 21.7. The van der Waals surface area contributed by atoms with E-state index >= 15 is 0 Å². The molecular weight excluding hydrogens is 482 g/mol. The molecule has 1 heterocycles. The van der Waals surface area contributed by atoms with Crippen molar-refractivity contribution in [3.05, 3.63) is 56.1 Å². The Bertz CT molecular complexity index is 1190. The Morgan fingerprint density at radius 2 is 2.00 bits per heavy atom. The monoisotopic (exact) mass is 495 g/mol. The van der Waals surface area contributed by atoms with Crippen molar-refractivity contribution < 1.29 is 28.6 Å². The molecule has 156 valence electrons. The number of aliphatic carboxylic acids is 1. The van der Waals surface area contributed by atoms with Crippen LogP contribution in [0.15, 0.2) is 50.1 Å². The molecule has 1 amide bonds. The number of para-hydroxylation sites is 1. The van der Waals surface area contributed by atoms with Gasteiger partial charge in [-0.15, -0.1) is 0 Å². The van der Waals surface area contributed by atoms with Gasteiger partial charge in [-0.05, 0) is 40.2 Å². The molecule has 0 fully saturated rings. The van der Waals surface area contributed by atoms with Crippen LogP contribution in [-0.2, 0) is 9.59 Å². The van der Waals surface area contributed by atoms with E-state index < -0.39 is 11.9 Å². The van der Waals surface area contributed by atoms with Crippen LogP contribution in [0.4, 0.5) is 0 Å². The molecule has 30 heavy (non-hydrogen) atoms. The highest BCUT2D eigenvalue weighted by atomic mass is 79.9. The van der Waals surface area contributed by atoms with Crippen molar-refractivity contribution in [2.75, 3.05) is 20.3 Å². The lowest BCUT2D eigenvalue weighted by Crippen LogP contribution is -2.33. The summed E-state index contributed by atoms with van der Waals surface area (Å²) in [5.74, 6) is -1.68. The van der Waals surface area contributed by atoms with Crippen LogP contribution in [0.25, 0.3) is 22.3 Å². The van der Waals surface area contributed by atoms with Gasteiger partial charge in [0.1, 0.15) is 23.9 Å². The second kappa shape index (κ2) is 9.19. The maximum absolute atomic E-state index is 12.5. The van der Waals surface area contributed by atoms with Crippen molar-refractivity contribution in [3.8, 4) is 22.8 Å². The van der Waals surface area contributed by atoms with Crippen LogP contribution in [0.5, 0.6) is 11.5 Å². The highest BCUT2D eigenvalue weighted by Crippen LogP contribution is 2.39. The summed E-state index contributed by atoms with van der Waals surface area (Å²) in [5, 5.41) is 11.4. The van der Waals surface area contributed by atoms with Crippen molar-refractivity contribution in [1.82, 2.24) is 5.32 Å². The standard InChI is InChI=1S/C20H15BrClNO7/c1-28-15-8-12(21)17(29-6-5-23-19(25)20(26)27)7-11(15)16-9-14(24)10-3-2-4-13(22)18(10)30-16/h2-4,7-9H,5-6H2,1H3,(H,23,25)(H,26,27). The predicted molar refractivity (Wildman–Crippen MR) is 113 cm³/mol. The van der Waals surface area contributed by atoms with Crippen LogP contribution in [0.3, 0.4) is 0 Å². The first-order valence-corrected chi connectivity index (χ1v) is 9.73. The molecule has 0 bridgehead atoms. The average Bonchev–Trinajstić information content (AvgIpc) is 2.72. The van der Waals surface area contributed by atoms with Gasteiger partial charge in [0.25, 0.3) is 0 Å². The Morgan fingerprint density at radius 3 is 2.70 bits per heavy atom. The quantitative estimate of drug-likeness (QED) is 0.397. The minimum Gasteiger partial charge on any atom is -0.496 e. The van der Waals surface area contributed by atoms with Crippen molar-refractivity contribution in [2.45, 2.75) is 0 Å². The number of hydrogen-bond donors (Lipinski definition) is 2. The van der Waals surface area contributed by atoms with Crippen LogP contribution >= 0.6 is 27.5 Å². The lowest BCUT2D eigenvalue weighted by atomic mass is 10.1. The topological polar surface area (TPSA) is 115 Å². The lowest BCUT2D eigenvalue weighted by Gasteiger charge is -2.14. The van der Waals surface area contributed by atoms with E-state index in [2.05, 4.69) is 21.2 Å². The Kier molecular flexibility index (Phi) is 6.63. The molecular formula is C20H15BrClNO7. The third kappa shape index (κ3) is 4.58. The zero-order chi connectivity index (χ0) is 21.8. The van der Waals surface area contributed by atoms with E-state index in [0.717, 1.165) is 0 Å². The molecule has 0 atom stereocenters. The van der Waals surface area contributed by atoms with Gasteiger partial charge in [0.15, 0.2) is 11.0 Å². The normalized spacial score (nSPS) is 10.6. The minimum absolute atomic E-state index is 0.0108. The van der Waals surface area contributed by atoms with E-state index in [0.29, 0.717) is 31.9 Å². The van der Waals surface area contributed by atoms with Crippen LogP contribution in [0.1, 0.15) is 0 Å². The molecule has 8 nitrogen and oxygen atoms in total. The van der Waals surface area contributed by atoms with Gasteiger partial charge in [0, 0.05) is 6.07 Å². The van der Waals surface area contributed by atoms with Crippen molar-refractivity contribution >= 4 is 50.4 Å². The minimum atomic E-state index is -1.58. The number of ether oxygens (including phenoxy) is 2. The molecule has 3 rings (SSSR count). The van der Waals surface area contributed by atoms with Gasteiger partial charge >= 0.3 is 11.9 Å². The number of amides is 1. The number of carboxylic acids is 1. The molecule has 0 radical (unpaired) electrons. The zero-order valence-electron chi connectivity index (χ0n) is 15.5. The highest BCUT2D eigenvalue weighted by Gasteiger charge is 2.17. The fourth-order valence-electron chi connectivity index (χ4n) is 2.68. The molecule has 2 aromatic carbocycles. The first-order chi connectivity index (χ1) is 14.3. The number of rotatable bonds is 6. The summed E-state index contributed by atoms with van der Waals surface area (Å²) < 4.78 is 17.4. The number of carbonyl (C=O) groups is 2. The number of nitrogens with one attached hydrogen (secondary N) is 1. The number of benzene rings is 2. The van der Waals surface area contributed by atoms with Crippen LogP contribution in [-0.4, -0.2) is 37.2 Å². The largest absolute Gasteiger partial charge is 0.496 e. The summed E-state index contributed by atoms with van der Waals surface area (Å²) in [6.45, 7) is -0.00348. The molecule has 1 aromatic heterocycles. The average molecular weight is 497 g/mol. The molecule has 10 heteroatoms. The van der Waals surface area contributed by atoms with E-state index in [1.807, 2.05) is 0 Å². The summed E-state index contributed by atoms with van der Waals surface area (Å²) in [6.07, 6.45) is 0. The first-order valence-electron chi connectivity index (χ1n) is 8.56. The van der Waals surface area contributed by atoms with Gasteiger partial charge in [0.2, 0.25) is 0 Å². The van der Waals surface area contributed by atoms with E-state index in [-0.39, 0.29) is 29.9 Å². The molecule has 0 aliphatic heterocycles. The summed E-state index contributed by atoms with van der Waals surface area (Å²) in [5.41, 5.74) is 0.437. The van der Waals surface area contributed by atoms with E-state index in [4.69, 9.17) is 30.6 Å². The third-order valence-electron chi connectivity index (χ3n) is 4.07. The van der Waals surface area contributed by atoms with Gasteiger partial charge in [-0.25, -0.2) is 4.79 Å². The zero-order valence-corrected chi connectivity index (χ0v) is 17.9. The molecule has 0 unspecified atom stereocenters. The second-order valence-electron chi connectivity index (χ2n) is 5.98. The van der Waals surface area contributed by atoms with Gasteiger partial charge in [-0.1, -0.05) is 17.7 Å². The number of fused-ring (bicyclic) bond motifs is 1. The molecule has 0 aliphatic carbocycles. The van der Waals surface area contributed by atoms with E-state index in [1.165, 1.54) is 13.2 Å². The van der Waals surface area contributed by atoms with E-state index in [9.17, 15) is 14.4 Å². The second-order valence-corrected chi connectivity index (χ2v) is 7.25. The van der Waals surface area contributed by atoms with Crippen LogP contribution < -0.4 is 20.2 Å². The fraction of sp³-hybridized carbons (Fsp3) is 0.150. The number of halogens is 2. The number of methoxy groups -OCH3 is 1. The van der Waals surface area contributed by atoms with Crippen LogP contribution in [0, 0.1) is 0 Å². The Balaban J connectivity index is 1.95. The van der Waals surface area contributed by atoms with Gasteiger partial charge in [0.05, 0.1) is 34.1 Å². The summed E-state index contributed by atoms with van der Waals surface area (Å²) in [7, 11) is 1.47. The summed E-state index contributed by atoms with van der Waals surface area (Å²) >= 11 is 9.54. The van der Waals surface area contributed by atoms with E-state index in [1.54, 1.807) is 30.3 Å². The SMILES string of the molecule is COc1cc(Br)c(OCCNC(=O)C(=O)O)cc1-c1cc(=O)c2cccc(Cl)c2o1. The molecule has 2 N–H and O–H groups in total. The van der Waals surface area contributed by atoms with Crippen molar-refractivity contribution in [2.24, 2.45) is 0 Å². The van der Waals surface area contributed by atoms with Gasteiger partial charge in [-0.3, -0.25) is 9.59 Å². The Hall–Kier alpha value is -3.04.